The molecule has 0 spiro atoms. The maximum absolute atomic E-state index is 11.9. The number of phenolic OH excluding ortho intramolecular Hbond substituents is 1. The number of hydrogen-bond donors (Lipinski definition) is 3. The van der Waals surface area contributed by atoms with Gasteiger partial charge in [-0.15, -0.1) is 0 Å². The first kappa shape index (κ1) is 15.4. The van der Waals surface area contributed by atoms with E-state index < -0.39 is 5.63 Å². The Labute approximate surface area is 132 Å². The molecule has 0 unspecified atom stereocenters. The number of carbonyl (C=O) groups is 1. The third kappa shape index (κ3) is 3.00. The number of nitrogens with one attached hydrogen (secondary N) is 2. The molecule has 7 nitrogen and oxygen atoms in total. The summed E-state index contributed by atoms with van der Waals surface area (Å²) in [6.07, 6.45) is 2.12. The van der Waals surface area contributed by atoms with Crippen LogP contribution in [0.2, 0.25) is 0 Å². The minimum Gasteiger partial charge on any atom is -0.504 e. The maximum atomic E-state index is 11.9. The predicted octanol–water partition coefficient (Wildman–Crippen LogP) is 1.51. The van der Waals surface area contributed by atoms with E-state index in [9.17, 15) is 14.7 Å². The summed E-state index contributed by atoms with van der Waals surface area (Å²) in [5, 5.41) is 16.3. The average molecular weight is 318 g/mol. The first-order chi connectivity index (χ1) is 11.1. The zero-order valence-corrected chi connectivity index (χ0v) is 12.7. The quantitative estimate of drug-likeness (QED) is 0.583. The number of fused-ring (bicyclic) bond motifs is 1. The lowest BCUT2D eigenvalue weighted by Crippen LogP contribution is -2.34. The van der Waals surface area contributed by atoms with Crippen molar-refractivity contribution in [2.45, 2.75) is 25.9 Å². The fraction of sp³-hybridized carbons (Fsp3) is 0.375. The fourth-order valence-corrected chi connectivity index (χ4v) is 2.79. The van der Waals surface area contributed by atoms with Crippen LogP contribution in [0.5, 0.6) is 11.5 Å². The fourth-order valence-electron chi connectivity index (χ4n) is 2.79. The number of benzene rings is 1. The predicted molar refractivity (Wildman–Crippen MR) is 85.1 cm³/mol. The van der Waals surface area contributed by atoms with Crippen LogP contribution >= 0.6 is 0 Å². The van der Waals surface area contributed by atoms with Crippen LogP contribution in [0.1, 0.15) is 18.4 Å². The second-order valence-electron chi connectivity index (χ2n) is 5.55. The third-order valence-electron chi connectivity index (χ3n) is 3.97. The van der Waals surface area contributed by atoms with E-state index in [1.807, 2.05) is 0 Å². The van der Waals surface area contributed by atoms with Crippen molar-refractivity contribution in [3.05, 3.63) is 28.1 Å². The van der Waals surface area contributed by atoms with Crippen molar-refractivity contribution in [1.82, 2.24) is 5.32 Å². The first-order valence-electron chi connectivity index (χ1n) is 7.48. The van der Waals surface area contributed by atoms with Crippen LogP contribution in [0.25, 0.3) is 11.0 Å². The summed E-state index contributed by atoms with van der Waals surface area (Å²) in [6.45, 7) is 3.47. The van der Waals surface area contributed by atoms with Gasteiger partial charge in [0.2, 0.25) is 6.41 Å². The lowest BCUT2D eigenvalue weighted by Gasteiger charge is -2.25. The molecule has 1 aliphatic rings. The summed E-state index contributed by atoms with van der Waals surface area (Å²) in [5.74, 6) is 0.322. The van der Waals surface area contributed by atoms with E-state index >= 15 is 0 Å². The number of anilines is 1. The van der Waals surface area contributed by atoms with Gasteiger partial charge >= 0.3 is 5.63 Å². The van der Waals surface area contributed by atoms with Crippen molar-refractivity contribution < 1.29 is 19.1 Å². The third-order valence-corrected chi connectivity index (χ3v) is 3.97. The molecule has 3 rings (SSSR count). The van der Waals surface area contributed by atoms with E-state index in [4.69, 9.17) is 9.15 Å². The van der Waals surface area contributed by atoms with Crippen LogP contribution < -0.4 is 21.0 Å². The highest BCUT2D eigenvalue weighted by atomic mass is 16.5. The summed E-state index contributed by atoms with van der Waals surface area (Å²) in [4.78, 5) is 22.4. The molecule has 0 bridgehead atoms. The van der Waals surface area contributed by atoms with Crippen LogP contribution in [0, 0.1) is 6.92 Å². The van der Waals surface area contributed by atoms with Gasteiger partial charge in [0, 0.05) is 10.9 Å². The summed E-state index contributed by atoms with van der Waals surface area (Å²) in [6, 6.07) is 2.94. The molecule has 7 heteroatoms. The van der Waals surface area contributed by atoms with Gasteiger partial charge in [-0.05, 0) is 45.0 Å². The van der Waals surface area contributed by atoms with Crippen LogP contribution in [0.3, 0.4) is 0 Å². The Morgan fingerprint density at radius 1 is 1.39 bits per heavy atom. The van der Waals surface area contributed by atoms with Crippen molar-refractivity contribution in [1.29, 1.82) is 0 Å². The number of carbonyl (C=O) groups excluding carboxylic acids is 1. The van der Waals surface area contributed by atoms with Gasteiger partial charge in [-0.1, -0.05) is 0 Å². The average Bonchev–Trinajstić information content (AvgIpc) is 2.54. The molecule has 122 valence electrons. The number of aromatic hydroxyl groups is 1. The van der Waals surface area contributed by atoms with Gasteiger partial charge in [0.15, 0.2) is 11.5 Å². The topological polar surface area (TPSA) is 101 Å². The second-order valence-corrected chi connectivity index (χ2v) is 5.55. The van der Waals surface area contributed by atoms with Crippen LogP contribution in [-0.4, -0.2) is 30.7 Å². The number of piperidine rings is 1. The van der Waals surface area contributed by atoms with E-state index in [1.165, 1.54) is 12.1 Å². The molecule has 2 heterocycles. The van der Waals surface area contributed by atoms with E-state index in [0.29, 0.717) is 28.7 Å². The molecule has 2 aromatic rings. The van der Waals surface area contributed by atoms with Gasteiger partial charge < -0.3 is 24.9 Å². The molecule has 1 amide bonds. The smallest absolute Gasteiger partial charge is 0.360 e. The number of aryl methyl sites for hydroxylation is 1. The maximum Gasteiger partial charge on any atom is 0.360 e. The second kappa shape index (κ2) is 6.29. The molecule has 1 aromatic heterocycles. The lowest BCUT2D eigenvalue weighted by molar-refractivity contribution is -0.105. The summed E-state index contributed by atoms with van der Waals surface area (Å²) in [5.41, 5.74) is 0.283. The van der Waals surface area contributed by atoms with Crippen molar-refractivity contribution in [3.8, 4) is 11.5 Å². The van der Waals surface area contributed by atoms with Gasteiger partial charge in [-0.3, -0.25) is 4.79 Å². The first-order valence-corrected chi connectivity index (χ1v) is 7.48. The zero-order valence-electron chi connectivity index (χ0n) is 12.7. The highest BCUT2D eigenvalue weighted by molar-refractivity contribution is 5.88. The van der Waals surface area contributed by atoms with Crippen molar-refractivity contribution in [2.75, 3.05) is 18.4 Å². The molecule has 0 saturated carbocycles. The van der Waals surface area contributed by atoms with Crippen LogP contribution in [0.4, 0.5) is 5.69 Å². The highest BCUT2D eigenvalue weighted by Crippen LogP contribution is 2.37. The Balaban J connectivity index is 2.04. The summed E-state index contributed by atoms with van der Waals surface area (Å²) in [7, 11) is 0. The standard InChI is InChI=1S/C16H18N2O5/c1-9-14-10(6-12(18-8-19)16(21)23-14)7-13(20)15(9)22-11-2-4-17-5-3-11/h6-8,11,17,20H,2-5H2,1H3,(H,18,19). The monoisotopic (exact) mass is 318 g/mol. The van der Waals surface area contributed by atoms with Crippen molar-refractivity contribution >= 4 is 23.1 Å². The molecule has 0 atom stereocenters. The van der Waals surface area contributed by atoms with E-state index in [0.717, 1.165) is 25.9 Å². The van der Waals surface area contributed by atoms with Gasteiger partial charge in [-0.2, -0.15) is 0 Å². The molecule has 1 fully saturated rings. The Hall–Kier alpha value is -2.54. The Bertz CT molecular complexity index is 793. The Kier molecular flexibility index (Phi) is 4.20. The van der Waals surface area contributed by atoms with Gasteiger partial charge in [0.05, 0.1) is 0 Å². The molecule has 1 aliphatic heterocycles. The van der Waals surface area contributed by atoms with Gasteiger partial charge in [0.1, 0.15) is 17.4 Å². The normalized spacial score (nSPS) is 15.5. The molecular formula is C16H18N2O5. The van der Waals surface area contributed by atoms with Crippen LogP contribution in [0.15, 0.2) is 21.3 Å². The summed E-state index contributed by atoms with van der Waals surface area (Å²) < 4.78 is 11.2. The molecule has 0 aliphatic carbocycles. The van der Waals surface area contributed by atoms with E-state index in [1.54, 1.807) is 6.92 Å². The van der Waals surface area contributed by atoms with Crippen LogP contribution in [-0.2, 0) is 4.79 Å². The van der Waals surface area contributed by atoms with Gasteiger partial charge in [0.25, 0.3) is 0 Å². The zero-order chi connectivity index (χ0) is 16.4. The molecule has 1 saturated heterocycles. The number of hydrogen-bond acceptors (Lipinski definition) is 6. The number of phenols is 1. The SMILES string of the molecule is Cc1c(OC2CCNCC2)c(O)cc2cc(NC=O)c(=O)oc12. The minimum atomic E-state index is -0.647. The Morgan fingerprint density at radius 2 is 2.13 bits per heavy atom. The molecular weight excluding hydrogens is 300 g/mol. The number of ether oxygens (including phenoxy) is 1. The van der Waals surface area contributed by atoms with Gasteiger partial charge in [-0.25, -0.2) is 4.79 Å². The highest BCUT2D eigenvalue weighted by Gasteiger charge is 2.20. The summed E-state index contributed by atoms with van der Waals surface area (Å²) >= 11 is 0. The largest absolute Gasteiger partial charge is 0.504 e. The number of rotatable bonds is 4. The number of amides is 1. The van der Waals surface area contributed by atoms with E-state index in [2.05, 4.69) is 10.6 Å². The van der Waals surface area contributed by atoms with Crippen molar-refractivity contribution in [3.63, 3.8) is 0 Å². The minimum absolute atomic E-state index is 0.0144. The Morgan fingerprint density at radius 3 is 2.83 bits per heavy atom. The molecule has 0 radical (unpaired) electrons. The lowest BCUT2D eigenvalue weighted by atomic mass is 10.1. The molecule has 1 aromatic carbocycles. The van der Waals surface area contributed by atoms with E-state index in [-0.39, 0.29) is 17.5 Å². The molecule has 3 N–H and O–H groups in total. The van der Waals surface area contributed by atoms with Crippen molar-refractivity contribution in [2.24, 2.45) is 0 Å². The molecule has 23 heavy (non-hydrogen) atoms.